The number of ether oxygens (including phenoxy) is 1. The standard InChI is InChI=1S/C10H14BrNO4S2/c1-3-16-8(13)4-5-12-18(14,15)9-6-7(2)10(11)17-9/h6,12H,3-5H2,1-2H3. The molecule has 0 aliphatic carbocycles. The molecule has 0 radical (unpaired) electrons. The topological polar surface area (TPSA) is 72.5 Å². The van der Waals surface area contributed by atoms with Gasteiger partial charge in [-0.25, -0.2) is 13.1 Å². The summed E-state index contributed by atoms with van der Waals surface area (Å²) in [6, 6.07) is 1.58. The molecule has 1 rings (SSSR count). The first-order valence-electron chi connectivity index (χ1n) is 5.28. The molecule has 1 aromatic heterocycles. The van der Waals surface area contributed by atoms with Gasteiger partial charge in [-0.1, -0.05) is 0 Å². The van der Waals surface area contributed by atoms with Crippen LogP contribution in [0.5, 0.6) is 0 Å². The number of nitrogens with one attached hydrogen (secondary N) is 1. The Hall–Kier alpha value is -0.440. The van der Waals surface area contributed by atoms with Gasteiger partial charge in [0.05, 0.1) is 16.8 Å². The second-order valence-corrected chi connectivity index (χ2v) is 7.84. The molecule has 102 valence electrons. The van der Waals surface area contributed by atoms with Crippen molar-refractivity contribution in [3.63, 3.8) is 0 Å². The van der Waals surface area contributed by atoms with Crippen molar-refractivity contribution in [3.8, 4) is 0 Å². The number of hydrogen-bond donors (Lipinski definition) is 1. The molecule has 0 aliphatic rings. The SMILES string of the molecule is CCOC(=O)CCNS(=O)(=O)c1cc(C)c(Br)s1. The maximum atomic E-state index is 11.9. The van der Waals surface area contributed by atoms with Gasteiger partial charge in [0.2, 0.25) is 10.0 Å². The minimum atomic E-state index is -3.54. The van der Waals surface area contributed by atoms with Crippen LogP contribution in [0.25, 0.3) is 0 Å². The molecule has 0 unspecified atom stereocenters. The van der Waals surface area contributed by atoms with Gasteiger partial charge in [0, 0.05) is 6.54 Å². The van der Waals surface area contributed by atoms with Crippen LogP contribution in [-0.4, -0.2) is 27.5 Å². The third-order valence-electron chi connectivity index (χ3n) is 2.03. The van der Waals surface area contributed by atoms with Crippen LogP contribution >= 0.6 is 27.3 Å². The summed E-state index contributed by atoms with van der Waals surface area (Å²) in [6.07, 6.45) is 0.0264. The lowest BCUT2D eigenvalue weighted by Crippen LogP contribution is -2.26. The van der Waals surface area contributed by atoms with E-state index in [2.05, 4.69) is 20.7 Å². The number of carbonyl (C=O) groups is 1. The van der Waals surface area contributed by atoms with Gasteiger partial charge in [0.25, 0.3) is 0 Å². The Balaban J connectivity index is 2.58. The van der Waals surface area contributed by atoms with E-state index in [9.17, 15) is 13.2 Å². The normalized spacial score (nSPS) is 11.5. The third-order valence-corrected chi connectivity index (χ3v) is 6.10. The van der Waals surface area contributed by atoms with Crippen LogP contribution in [0.2, 0.25) is 0 Å². The van der Waals surface area contributed by atoms with E-state index in [1.807, 2.05) is 6.92 Å². The third kappa shape index (κ3) is 4.34. The lowest BCUT2D eigenvalue weighted by Gasteiger charge is -2.04. The molecule has 1 aromatic rings. The van der Waals surface area contributed by atoms with E-state index >= 15 is 0 Å². The Morgan fingerprint density at radius 3 is 2.72 bits per heavy atom. The van der Waals surface area contributed by atoms with Crippen molar-refractivity contribution in [2.45, 2.75) is 24.5 Å². The zero-order valence-corrected chi connectivity index (χ0v) is 13.2. The predicted octanol–water partition coefficient (Wildman–Crippen LogP) is 2.05. The molecule has 0 aliphatic heterocycles. The Kier molecular flexibility index (Phi) is 5.77. The number of carbonyl (C=O) groups excluding carboxylic acids is 1. The van der Waals surface area contributed by atoms with Crippen LogP contribution in [0, 0.1) is 6.92 Å². The molecule has 18 heavy (non-hydrogen) atoms. The monoisotopic (exact) mass is 355 g/mol. The number of rotatable bonds is 6. The van der Waals surface area contributed by atoms with E-state index < -0.39 is 16.0 Å². The van der Waals surface area contributed by atoms with Gasteiger partial charge in [-0.2, -0.15) is 0 Å². The Morgan fingerprint density at radius 2 is 2.22 bits per heavy atom. The largest absolute Gasteiger partial charge is 0.466 e. The quantitative estimate of drug-likeness (QED) is 0.792. The number of aryl methyl sites for hydroxylation is 1. The highest BCUT2D eigenvalue weighted by Crippen LogP contribution is 2.30. The van der Waals surface area contributed by atoms with Gasteiger partial charge in [-0.05, 0) is 41.4 Å². The first-order valence-corrected chi connectivity index (χ1v) is 8.37. The molecule has 0 amide bonds. The van der Waals surface area contributed by atoms with Crippen LogP contribution < -0.4 is 4.72 Å². The van der Waals surface area contributed by atoms with Crippen molar-refractivity contribution in [1.82, 2.24) is 4.72 Å². The highest BCUT2D eigenvalue weighted by molar-refractivity contribution is 9.11. The Labute approximate surface area is 119 Å². The summed E-state index contributed by atoms with van der Waals surface area (Å²) in [5, 5.41) is 0. The van der Waals surface area contributed by atoms with Crippen LogP contribution in [0.4, 0.5) is 0 Å². The van der Waals surface area contributed by atoms with Gasteiger partial charge < -0.3 is 4.74 Å². The molecule has 0 aromatic carbocycles. The molecule has 8 heteroatoms. The van der Waals surface area contributed by atoms with Gasteiger partial charge in [-0.15, -0.1) is 11.3 Å². The van der Waals surface area contributed by atoms with Gasteiger partial charge in [0.15, 0.2) is 0 Å². The molecule has 1 N–H and O–H groups in total. The number of sulfonamides is 1. The van der Waals surface area contributed by atoms with E-state index in [-0.39, 0.29) is 17.2 Å². The summed E-state index contributed by atoms with van der Waals surface area (Å²) in [7, 11) is -3.54. The summed E-state index contributed by atoms with van der Waals surface area (Å²) in [6.45, 7) is 3.85. The fourth-order valence-corrected chi connectivity index (χ4v) is 4.46. The number of esters is 1. The molecule has 0 atom stereocenters. The molecular formula is C10H14BrNO4S2. The van der Waals surface area contributed by atoms with Crippen LogP contribution in [-0.2, 0) is 19.6 Å². The fraction of sp³-hybridized carbons (Fsp3) is 0.500. The molecule has 0 bridgehead atoms. The summed E-state index contributed by atoms with van der Waals surface area (Å²) in [4.78, 5) is 11.1. The zero-order chi connectivity index (χ0) is 13.8. The van der Waals surface area contributed by atoms with Crippen molar-refractivity contribution < 1.29 is 17.9 Å². The van der Waals surface area contributed by atoms with Crippen molar-refractivity contribution in [1.29, 1.82) is 0 Å². The Morgan fingerprint density at radius 1 is 1.56 bits per heavy atom. The minimum Gasteiger partial charge on any atom is -0.466 e. The van der Waals surface area contributed by atoms with E-state index in [1.54, 1.807) is 13.0 Å². The van der Waals surface area contributed by atoms with Gasteiger partial charge >= 0.3 is 5.97 Å². The Bertz CT molecular complexity index is 504. The smallest absolute Gasteiger partial charge is 0.307 e. The second-order valence-electron chi connectivity index (χ2n) is 3.47. The molecule has 0 saturated heterocycles. The molecular weight excluding hydrogens is 342 g/mol. The average molecular weight is 356 g/mol. The predicted molar refractivity (Wildman–Crippen MR) is 73.2 cm³/mol. The van der Waals surface area contributed by atoms with Crippen LogP contribution in [0.1, 0.15) is 18.9 Å². The summed E-state index contributed by atoms with van der Waals surface area (Å²) >= 11 is 4.41. The first kappa shape index (κ1) is 15.6. The molecule has 1 heterocycles. The lowest BCUT2D eigenvalue weighted by molar-refractivity contribution is -0.142. The second kappa shape index (κ2) is 6.65. The minimum absolute atomic E-state index is 0.0264. The van der Waals surface area contributed by atoms with Gasteiger partial charge in [0.1, 0.15) is 4.21 Å². The molecule has 0 fully saturated rings. The van der Waals surface area contributed by atoms with Crippen molar-refractivity contribution in [3.05, 3.63) is 15.4 Å². The maximum Gasteiger partial charge on any atom is 0.307 e. The highest BCUT2D eigenvalue weighted by atomic mass is 79.9. The van der Waals surface area contributed by atoms with Crippen molar-refractivity contribution in [2.24, 2.45) is 0 Å². The summed E-state index contributed by atoms with van der Waals surface area (Å²) in [5.74, 6) is -0.413. The van der Waals surface area contributed by atoms with Gasteiger partial charge in [-0.3, -0.25) is 4.79 Å². The molecule has 0 spiro atoms. The average Bonchev–Trinajstić information content (AvgIpc) is 2.60. The van der Waals surface area contributed by atoms with E-state index in [1.165, 1.54) is 0 Å². The summed E-state index contributed by atoms with van der Waals surface area (Å²) in [5.41, 5.74) is 0.866. The highest BCUT2D eigenvalue weighted by Gasteiger charge is 2.18. The number of hydrogen-bond acceptors (Lipinski definition) is 5. The van der Waals surface area contributed by atoms with E-state index in [4.69, 9.17) is 4.74 Å². The molecule has 5 nitrogen and oxygen atoms in total. The van der Waals surface area contributed by atoms with E-state index in [0.717, 1.165) is 20.7 Å². The van der Waals surface area contributed by atoms with Crippen LogP contribution in [0.3, 0.4) is 0 Å². The van der Waals surface area contributed by atoms with Crippen LogP contribution in [0.15, 0.2) is 14.1 Å². The maximum absolute atomic E-state index is 11.9. The number of thiophene rings is 1. The first-order chi connectivity index (χ1) is 8.36. The summed E-state index contributed by atoms with van der Waals surface area (Å²) < 4.78 is 31.8. The fourth-order valence-electron chi connectivity index (χ4n) is 1.16. The van der Waals surface area contributed by atoms with Crippen molar-refractivity contribution >= 4 is 43.3 Å². The van der Waals surface area contributed by atoms with Crippen molar-refractivity contribution in [2.75, 3.05) is 13.2 Å². The lowest BCUT2D eigenvalue weighted by atomic mass is 10.4. The zero-order valence-electron chi connectivity index (χ0n) is 10.0. The number of halogens is 1. The van der Waals surface area contributed by atoms with E-state index in [0.29, 0.717) is 6.61 Å². The molecule has 0 saturated carbocycles.